The molecule has 0 bridgehead atoms. The first-order valence-corrected chi connectivity index (χ1v) is 9.65. The number of benzene rings is 2. The van der Waals surface area contributed by atoms with Crippen molar-refractivity contribution in [1.82, 2.24) is 10.2 Å². The zero-order chi connectivity index (χ0) is 19.8. The number of carbonyl (C=O) groups is 2. The van der Waals surface area contributed by atoms with Gasteiger partial charge in [0.05, 0.1) is 6.61 Å². The molecule has 5 nitrogen and oxygen atoms in total. The summed E-state index contributed by atoms with van der Waals surface area (Å²) in [7, 11) is 0. The minimum absolute atomic E-state index is 0.0667. The molecule has 0 unspecified atom stereocenters. The molecule has 1 heterocycles. The number of ether oxygens (including phenoxy) is 1. The van der Waals surface area contributed by atoms with Gasteiger partial charge in [-0.3, -0.25) is 9.59 Å². The van der Waals surface area contributed by atoms with Gasteiger partial charge in [0, 0.05) is 19.2 Å². The number of nitrogens with one attached hydrogen (secondary N) is 1. The monoisotopic (exact) mass is 378 g/mol. The molecule has 0 saturated carbocycles. The number of hydrogen-bond donors (Lipinski definition) is 1. The predicted molar refractivity (Wildman–Crippen MR) is 109 cm³/mol. The number of hydrogen-bond acceptors (Lipinski definition) is 4. The van der Waals surface area contributed by atoms with E-state index in [1.165, 1.54) is 16.0 Å². The second-order valence-corrected chi connectivity index (χ2v) is 6.73. The van der Waals surface area contributed by atoms with E-state index >= 15 is 0 Å². The summed E-state index contributed by atoms with van der Waals surface area (Å²) in [6.07, 6.45) is 4.36. The van der Waals surface area contributed by atoms with Crippen molar-refractivity contribution in [3.05, 3.63) is 76.9 Å². The van der Waals surface area contributed by atoms with Crippen molar-refractivity contribution in [2.75, 3.05) is 19.7 Å². The van der Waals surface area contributed by atoms with Crippen LogP contribution < -0.4 is 5.32 Å². The van der Waals surface area contributed by atoms with Gasteiger partial charge in [0.2, 0.25) is 5.91 Å². The lowest BCUT2D eigenvalue weighted by Gasteiger charge is -2.21. The molecule has 0 saturated heterocycles. The second-order valence-electron chi connectivity index (χ2n) is 6.73. The van der Waals surface area contributed by atoms with Gasteiger partial charge in [-0.25, -0.2) is 0 Å². The summed E-state index contributed by atoms with van der Waals surface area (Å²) in [5, 5.41) is 3.36. The van der Waals surface area contributed by atoms with Crippen molar-refractivity contribution in [2.45, 2.75) is 26.4 Å². The lowest BCUT2D eigenvalue weighted by atomic mass is 9.95. The van der Waals surface area contributed by atoms with E-state index in [0.29, 0.717) is 13.2 Å². The molecule has 0 aliphatic carbocycles. The summed E-state index contributed by atoms with van der Waals surface area (Å²) >= 11 is 0. The zero-order valence-corrected chi connectivity index (χ0v) is 16.2. The number of fused-ring (bicyclic) bond motifs is 1. The van der Waals surface area contributed by atoms with Gasteiger partial charge < -0.3 is 15.0 Å². The molecule has 0 radical (unpaired) electrons. The predicted octanol–water partition coefficient (Wildman–Crippen LogP) is 2.94. The first kappa shape index (κ1) is 19.8. The van der Waals surface area contributed by atoms with Crippen molar-refractivity contribution >= 4 is 18.0 Å². The Morgan fingerprint density at radius 3 is 2.75 bits per heavy atom. The first-order chi connectivity index (χ1) is 13.7. The number of carbonyl (C=O) groups excluding carboxylic acids is 2. The van der Waals surface area contributed by atoms with Crippen molar-refractivity contribution in [1.29, 1.82) is 0 Å². The fraction of sp³-hybridized carbons (Fsp3) is 0.304. The Hall–Kier alpha value is -2.92. The van der Waals surface area contributed by atoms with Gasteiger partial charge in [0.1, 0.15) is 6.54 Å². The summed E-state index contributed by atoms with van der Waals surface area (Å²) in [6.45, 7) is 4.14. The summed E-state index contributed by atoms with van der Waals surface area (Å²) in [4.78, 5) is 26.3. The van der Waals surface area contributed by atoms with Crippen molar-refractivity contribution in [3.8, 4) is 0 Å². The van der Waals surface area contributed by atoms with E-state index in [0.717, 1.165) is 30.6 Å². The third-order valence-electron chi connectivity index (χ3n) is 4.74. The quantitative estimate of drug-likeness (QED) is 0.595. The maximum Gasteiger partial charge on any atom is 0.325 e. The van der Waals surface area contributed by atoms with Crippen LogP contribution in [0, 0.1) is 0 Å². The summed E-state index contributed by atoms with van der Waals surface area (Å²) in [5.41, 5.74) is 4.58. The lowest BCUT2D eigenvalue weighted by Crippen LogP contribution is -2.35. The maximum atomic E-state index is 12.8. The van der Waals surface area contributed by atoms with Crippen LogP contribution >= 0.6 is 0 Å². The Bertz CT molecular complexity index is 846. The highest BCUT2D eigenvalue weighted by Gasteiger charge is 2.17. The summed E-state index contributed by atoms with van der Waals surface area (Å²) < 4.78 is 5.03. The van der Waals surface area contributed by atoms with E-state index in [-0.39, 0.29) is 12.5 Å². The average molecular weight is 378 g/mol. The van der Waals surface area contributed by atoms with E-state index < -0.39 is 5.97 Å². The molecule has 1 aliphatic heterocycles. The van der Waals surface area contributed by atoms with Crippen LogP contribution in [0.25, 0.3) is 6.08 Å². The van der Waals surface area contributed by atoms with Crippen LogP contribution in [0.3, 0.4) is 0 Å². The van der Waals surface area contributed by atoms with Crippen molar-refractivity contribution in [3.63, 3.8) is 0 Å². The van der Waals surface area contributed by atoms with Crippen LogP contribution in [0.2, 0.25) is 0 Å². The molecular weight excluding hydrogens is 352 g/mol. The lowest BCUT2D eigenvalue weighted by molar-refractivity contribution is -0.148. The zero-order valence-electron chi connectivity index (χ0n) is 16.2. The van der Waals surface area contributed by atoms with Crippen LogP contribution in [-0.4, -0.2) is 36.5 Å². The van der Waals surface area contributed by atoms with Gasteiger partial charge in [0.25, 0.3) is 0 Å². The third-order valence-corrected chi connectivity index (χ3v) is 4.74. The molecular formula is C23H26N2O3. The summed E-state index contributed by atoms with van der Waals surface area (Å²) in [6, 6.07) is 15.8. The maximum absolute atomic E-state index is 12.8. The Labute approximate surface area is 166 Å². The van der Waals surface area contributed by atoms with Crippen molar-refractivity contribution in [2.24, 2.45) is 0 Å². The highest BCUT2D eigenvalue weighted by molar-refractivity contribution is 5.94. The Morgan fingerprint density at radius 2 is 1.96 bits per heavy atom. The van der Waals surface area contributed by atoms with Gasteiger partial charge in [-0.15, -0.1) is 0 Å². The van der Waals surface area contributed by atoms with Gasteiger partial charge in [-0.05, 0) is 48.2 Å². The second kappa shape index (κ2) is 9.85. The number of nitrogens with zero attached hydrogens (tertiary/aromatic N) is 1. The van der Waals surface area contributed by atoms with Gasteiger partial charge in [0.15, 0.2) is 0 Å². The Morgan fingerprint density at radius 1 is 1.14 bits per heavy atom. The molecule has 1 amide bonds. The highest BCUT2D eigenvalue weighted by Crippen LogP contribution is 2.20. The van der Waals surface area contributed by atoms with E-state index in [4.69, 9.17) is 4.74 Å². The van der Waals surface area contributed by atoms with E-state index in [2.05, 4.69) is 11.4 Å². The topological polar surface area (TPSA) is 58.6 Å². The average Bonchev–Trinajstić information content (AvgIpc) is 2.72. The molecule has 146 valence electrons. The number of amides is 1. The van der Waals surface area contributed by atoms with E-state index in [1.54, 1.807) is 13.0 Å². The van der Waals surface area contributed by atoms with E-state index in [1.807, 2.05) is 48.5 Å². The summed E-state index contributed by atoms with van der Waals surface area (Å²) in [5.74, 6) is -0.605. The molecule has 2 aromatic carbocycles. The molecule has 5 heteroatoms. The highest BCUT2D eigenvalue weighted by atomic mass is 16.5. The molecule has 1 N–H and O–H groups in total. The SMILES string of the molecule is CCOC(=O)CN(Cc1ccccc1)C(=O)/C=C/c1cccc2c1CCNC2. The number of rotatable bonds is 7. The minimum atomic E-state index is -0.400. The Kier molecular flexibility index (Phi) is 6.98. The molecule has 0 aromatic heterocycles. The number of esters is 1. The molecule has 0 spiro atoms. The Balaban J connectivity index is 1.76. The molecule has 3 rings (SSSR count). The minimum Gasteiger partial charge on any atom is -0.465 e. The molecule has 0 fully saturated rings. The normalized spacial score (nSPS) is 13.2. The molecule has 0 atom stereocenters. The molecule has 28 heavy (non-hydrogen) atoms. The largest absolute Gasteiger partial charge is 0.465 e. The fourth-order valence-corrected chi connectivity index (χ4v) is 3.36. The van der Waals surface area contributed by atoms with Crippen molar-refractivity contribution < 1.29 is 14.3 Å². The fourth-order valence-electron chi connectivity index (χ4n) is 3.36. The first-order valence-electron chi connectivity index (χ1n) is 9.65. The van der Waals surface area contributed by atoms with Crippen LogP contribution in [0.15, 0.2) is 54.6 Å². The van der Waals surface area contributed by atoms with Gasteiger partial charge >= 0.3 is 5.97 Å². The standard InChI is InChI=1S/C23H26N2O3/c1-2-28-23(27)17-25(16-18-7-4-3-5-8-18)22(26)12-11-19-9-6-10-20-15-24-14-13-21(19)20/h3-12,24H,2,13-17H2,1H3/b12-11+. The van der Waals surface area contributed by atoms with Gasteiger partial charge in [-0.1, -0.05) is 48.5 Å². The smallest absolute Gasteiger partial charge is 0.325 e. The van der Waals surface area contributed by atoms with Crippen LogP contribution in [0.4, 0.5) is 0 Å². The van der Waals surface area contributed by atoms with E-state index in [9.17, 15) is 9.59 Å². The third kappa shape index (κ3) is 5.30. The molecule has 1 aliphatic rings. The van der Waals surface area contributed by atoms with Crippen LogP contribution in [0.1, 0.15) is 29.2 Å². The van der Waals surface area contributed by atoms with Crippen LogP contribution in [0.5, 0.6) is 0 Å². The molecule has 2 aromatic rings. The van der Waals surface area contributed by atoms with Crippen LogP contribution in [-0.2, 0) is 33.8 Å². The van der Waals surface area contributed by atoms with Gasteiger partial charge in [-0.2, -0.15) is 0 Å².